The zero-order chi connectivity index (χ0) is 15.6. The van der Waals surface area contributed by atoms with Crippen LogP contribution in [0.25, 0.3) is 10.8 Å². The predicted octanol–water partition coefficient (Wildman–Crippen LogP) is -5.78. The maximum absolute atomic E-state index is 11.8. The molecule has 12 heteroatoms. The molecule has 0 unspecified atom stereocenters. The Morgan fingerprint density at radius 2 is 1.48 bits per heavy atom. The van der Waals surface area contributed by atoms with E-state index in [0.29, 0.717) is 6.07 Å². The largest absolute Gasteiger partial charge is 1.00 e. The van der Waals surface area contributed by atoms with Gasteiger partial charge in [-0.1, -0.05) is 12.1 Å². The SMILES string of the molecule is O=C1Nc2c(S(=O)(=O)[O-])cc(S(=O)(=O)[O-])c3cccc1c23.[Na+].[Na+]. The van der Waals surface area contributed by atoms with Gasteiger partial charge in [-0.15, -0.1) is 0 Å². The maximum atomic E-state index is 11.8. The van der Waals surface area contributed by atoms with Gasteiger partial charge in [-0.2, -0.15) is 0 Å². The van der Waals surface area contributed by atoms with Gasteiger partial charge >= 0.3 is 59.1 Å². The molecule has 8 nitrogen and oxygen atoms in total. The molecule has 1 N–H and O–H groups in total. The van der Waals surface area contributed by atoms with E-state index in [-0.39, 0.29) is 81.1 Å². The Hall–Kier alpha value is -0.01000. The molecular formula is C11H5NNa2O7S2. The Labute approximate surface area is 175 Å². The second-order valence-electron chi connectivity index (χ2n) is 4.34. The summed E-state index contributed by atoms with van der Waals surface area (Å²) in [6.45, 7) is 0. The molecule has 2 aromatic carbocycles. The fourth-order valence-corrected chi connectivity index (χ4v) is 3.76. The molecule has 0 saturated carbocycles. The van der Waals surface area contributed by atoms with Gasteiger partial charge in [0, 0.05) is 16.3 Å². The predicted molar refractivity (Wildman–Crippen MR) is 67.8 cm³/mol. The van der Waals surface area contributed by atoms with Crippen LogP contribution in [-0.4, -0.2) is 31.8 Å². The molecule has 1 aliphatic heterocycles. The van der Waals surface area contributed by atoms with E-state index in [1.807, 2.05) is 0 Å². The summed E-state index contributed by atoms with van der Waals surface area (Å²) in [5.41, 5.74) is -0.300. The van der Waals surface area contributed by atoms with Crippen molar-refractivity contribution in [2.24, 2.45) is 0 Å². The van der Waals surface area contributed by atoms with E-state index in [1.54, 1.807) is 0 Å². The minimum atomic E-state index is -5.08. The minimum Gasteiger partial charge on any atom is -0.744 e. The Balaban J connectivity index is 0.00000132. The van der Waals surface area contributed by atoms with E-state index in [4.69, 9.17) is 0 Å². The summed E-state index contributed by atoms with van der Waals surface area (Å²) in [5.74, 6) is -0.680. The van der Waals surface area contributed by atoms with Crippen molar-refractivity contribution in [2.75, 3.05) is 5.32 Å². The number of hydrogen-bond donors (Lipinski definition) is 1. The first kappa shape index (κ1) is 21.0. The zero-order valence-corrected chi connectivity index (χ0v) is 17.6. The van der Waals surface area contributed by atoms with Crippen molar-refractivity contribution in [2.45, 2.75) is 9.79 Å². The van der Waals surface area contributed by atoms with Crippen LogP contribution in [-0.2, 0) is 20.2 Å². The second kappa shape index (κ2) is 6.71. The summed E-state index contributed by atoms with van der Waals surface area (Å²) < 4.78 is 67.7. The fourth-order valence-electron chi connectivity index (χ4n) is 2.32. The summed E-state index contributed by atoms with van der Waals surface area (Å²) in [5, 5.41) is 2.04. The van der Waals surface area contributed by atoms with Crippen LogP contribution in [0.2, 0.25) is 0 Å². The Bertz CT molecular complexity index is 1030. The molecule has 0 spiro atoms. The van der Waals surface area contributed by atoms with Crippen LogP contribution < -0.4 is 64.4 Å². The molecule has 0 bridgehead atoms. The number of hydrogen-bond acceptors (Lipinski definition) is 7. The van der Waals surface area contributed by atoms with Crippen LogP contribution in [0.5, 0.6) is 0 Å². The van der Waals surface area contributed by atoms with E-state index >= 15 is 0 Å². The summed E-state index contributed by atoms with van der Waals surface area (Å²) in [6.07, 6.45) is 0. The van der Waals surface area contributed by atoms with Gasteiger partial charge in [0.05, 0.1) is 15.5 Å². The molecule has 0 atom stereocenters. The summed E-state index contributed by atoms with van der Waals surface area (Å²) in [6, 6.07) is 4.43. The molecular weight excluding hydrogens is 368 g/mol. The molecule has 0 saturated heterocycles. The maximum Gasteiger partial charge on any atom is 1.00 e. The first-order valence-electron chi connectivity index (χ1n) is 5.43. The summed E-state index contributed by atoms with van der Waals surface area (Å²) in [4.78, 5) is 9.96. The van der Waals surface area contributed by atoms with Gasteiger partial charge in [-0.25, -0.2) is 16.8 Å². The van der Waals surface area contributed by atoms with Crippen LogP contribution in [0.3, 0.4) is 0 Å². The molecule has 2 aromatic rings. The molecule has 1 heterocycles. The van der Waals surface area contributed by atoms with Crippen LogP contribution in [0.4, 0.5) is 5.69 Å². The molecule has 0 aliphatic carbocycles. The first-order chi connectivity index (χ1) is 9.60. The smallest absolute Gasteiger partial charge is 0.744 e. The van der Waals surface area contributed by atoms with E-state index in [9.17, 15) is 30.7 Å². The van der Waals surface area contributed by atoms with E-state index < -0.39 is 35.9 Å². The van der Waals surface area contributed by atoms with Gasteiger partial charge in [0.2, 0.25) is 0 Å². The second-order valence-corrected chi connectivity index (χ2v) is 7.03. The van der Waals surface area contributed by atoms with Crippen molar-refractivity contribution in [3.05, 3.63) is 29.8 Å². The molecule has 0 aromatic heterocycles. The van der Waals surface area contributed by atoms with Crippen LogP contribution >= 0.6 is 0 Å². The molecule has 1 aliphatic rings. The average molecular weight is 373 g/mol. The molecule has 110 valence electrons. The van der Waals surface area contributed by atoms with Crippen molar-refractivity contribution < 1.29 is 89.9 Å². The van der Waals surface area contributed by atoms with Gasteiger partial charge in [-0.05, 0) is 12.1 Å². The first-order valence-corrected chi connectivity index (χ1v) is 8.25. The fraction of sp³-hybridized carbons (Fsp3) is 0. The van der Waals surface area contributed by atoms with Gasteiger partial charge in [-0.3, -0.25) is 4.79 Å². The van der Waals surface area contributed by atoms with Crippen molar-refractivity contribution in [1.29, 1.82) is 0 Å². The number of amides is 1. The Morgan fingerprint density at radius 1 is 0.913 bits per heavy atom. The minimum absolute atomic E-state index is 0. The monoisotopic (exact) mass is 373 g/mol. The summed E-state index contributed by atoms with van der Waals surface area (Å²) >= 11 is 0. The number of benzene rings is 2. The standard InChI is InChI=1S/C11H7NO7S2.2Na/c13-11-6-3-1-2-5-7(20(14,15)16)4-8(21(17,18)19)10(12-11)9(5)6;;/h1-4H,(H,12,13)(H,14,15,16)(H,17,18,19);;/q;2*+1/p-2. The molecule has 0 radical (unpaired) electrons. The topological polar surface area (TPSA) is 144 Å². The van der Waals surface area contributed by atoms with E-state index in [1.165, 1.54) is 18.2 Å². The van der Waals surface area contributed by atoms with Gasteiger partial charge in [0.15, 0.2) is 0 Å². The van der Waals surface area contributed by atoms with Crippen molar-refractivity contribution >= 4 is 42.6 Å². The van der Waals surface area contributed by atoms with Gasteiger partial charge in [0.25, 0.3) is 5.91 Å². The van der Waals surface area contributed by atoms with E-state index in [0.717, 1.165) is 0 Å². The Morgan fingerprint density at radius 3 is 2.00 bits per heavy atom. The van der Waals surface area contributed by atoms with Crippen LogP contribution in [0.1, 0.15) is 10.4 Å². The number of rotatable bonds is 2. The van der Waals surface area contributed by atoms with Crippen molar-refractivity contribution in [1.82, 2.24) is 0 Å². The van der Waals surface area contributed by atoms with Crippen LogP contribution in [0, 0.1) is 0 Å². The molecule has 1 amide bonds. The Kier molecular flexibility index (Phi) is 6.14. The number of anilines is 1. The molecule has 3 rings (SSSR count). The quantitative estimate of drug-likeness (QED) is 0.408. The third kappa shape index (κ3) is 3.52. The third-order valence-corrected chi connectivity index (χ3v) is 4.85. The van der Waals surface area contributed by atoms with Crippen LogP contribution in [0.15, 0.2) is 34.1 Å². The summed E-state index contributed by atoms with van der Waals surface area (Å²) in [7, 11) is -10.1. The molecule has 0 fully saturated rings. The van der Waals surface area contributed by atoms with Gasteiger partial charge in [0.1, 0.15) is 20.2 Å². The van der Waals surface area contributed by atoms with Gasteiger partial charge < -0.3 is 14.4 Å². The normalized spacial score (nSPS) is 13.2. The number of carbonyl (C=O) groups excluding carboxylic acids is 1. The third-order valence-electron chi connectivity index (χ3n) is 3.11. The van der Waals surface area contributed by atoms with Crippen molar-refractivity contribution in [3.63, 3.8) is 0 Å². The molecule has 23 heavy (non-hydrogen) atoms. The zero-order valence-electron chi connectivity index (χ0n) is 12.0. The van der Waals surface area contributed by atoms with Crippen molar-refractivity contribution in [3.8, 4) is 0 Å². The number of nitrogens with one attached hydrogen (secondary N) is 1. The average Bonchev–Trinajstić information content (AvgIpc) is 2.66. The van der Waals surface area contributed by atoms with E-state index in [2.05, 4.69) is 5.32 Å². The number of carbonyl (C=O) groups is 1.